The van der Waals surface area contributed by atoms with Crippen molar-refractivity contribution in [2.75, 3.05) is 0 Å². The molecule has 5 aliphatic carbocycles. The molecule has 0 N–H and O–H groups in total. The van der Waals surface area contributed by atoms with Crippen molar-refractivity contribution in [1.29, 1.82) is 0 Å². The van der Waals surface area contributed by atoms with Crippen molar-refractivity contribution >= 4 is 28.9 Å². The van der Waals surface area contributed by atoms with Crippen LogP contribution in [0.4, 0.5) is 0 Å². The second kappa shape index (κ2) is 55.1. The molecule has 0 unspecified atom stereocenters. The van der Waals surface area contributed by atoms with Gasteiger partial charge in [0.2, 0.25) is 0 Å². The zero-order valence-electron chi connectivity index (χ0n) is 47.0. The molecule has 0 saturated heterocycles. The van der Waals surface area contributed by atoms with E-state index in [1.165, 1.54) is 257 Å². The van der Waals surface area contributed by atoms with Gasteiger partial charge in [0.05, 0.1) is 0 Å². The minimum atomic E-state index is 0.497. The summed E-state index contributed by atoms with van der Waals surface area (Å²) in [4.78, 5) is 56.9. The lowest BCUT2D eigenvalue weighted by atomic mass is 10.0. The number of hydrogen-bond acceptors (Lipinski definition) is 5. The second-order valence-corrected chi connectivity index (χ2v) is 22.9. The Labute approximate surface area is 436 Å². The molecular formula is C65H120O5. The maximum atomic E-state index is 11.5. The van der Waals surface area contributed by atoms with Crippen LogP contribution >= 0.6 is 0 Å². The summed E-state index contributed by atoms with van der Waals surface area (Å²) in [6.45, 7) is 0. The van der Waals surface area contributed by atoms with Gasteiger partial charge in [-0.2, -0.15) is 0 Å². The number of carbonyl (C=O) groups excluding carboxylic acids is 5. The molecule has 5 saturated carbocycles. The first kappa shape index (κ1) is 66.4. The smallest absolute Gasteiger partial charge is 0.132 e. The molecule has 5 heteroatoms. The van der Waals surface area contributed by atoms with E-state index in [0.717, 1.165) is 128 Å². The van der Waals surface area contributed by atoms with Crippen LogP contribution in [0.15, 0.2) is 0 Å². The Kier molecular flexibility index (Phi) is 52.2. The SMILES string of the molecule is O=C1CCCCCCCCCC1.O=C1CCCCCCCCCCC1.O=C1CCCCCCCCCCCC1.O=C1CCCCCCCCCCCCC1.O=C1CCCCCCCCCCCCCC1. The lowest BCUT2D eigenvalue weighted by Gasteiger charge is -2.05. The zero-order chi connectivity index (χ0) is 50.3. The van der Waals surface area contributed by atoms with Crippen molar-refractivity contribution in [3.05, 3.63) is 0 Å². The van der Waals surface area contributed by atoms with E-state index >= 15 is 0 Å². The predicted octanol–water partition coefficient (Wildman–Crippen LogP) is 21.3. The minimum Gasteiger partial charge on any atom is -0.300 e. The summed E-state index contributed by atoms with van der Waals surface area (Å²) in [5.41, 5.74) is 0. The largest absolute Gasteiger partial charge is 0.300 e. The third-order valence-electron chi connectivity index (χ3n) is 15.8. The van der Waals surface area contributed by atoms with E-state index in [9.17, 15) is 24.0 Å². The normalized spacial score (nSPS) is 23.3. The molecule has 0 spiro atoms. The van der Waals surface area contributed by atoms with Crippen LogP contribution in [0.2, 0.25) is 0 Å². The third-order valence-corrected chi connectivity index (χ3v) is 15.8. The number of ketones is 5. The van der Waals surface area contributed by atoms with Crippen molar-refractivity contribution < 1.29 is 24.0 Å². The molecule has 5 fully saturated rings. The average molecular weight is 982 g/mol. The van der Waals surface area contributed by atoms with E-state index in [4.69, 9.17) is 0 Å². The van der Waals surface area contributed by atoms with Crippen LogP contribution in [0, 0.1) is 0 Å². The van der Waals surface area contributed by atoms with E-state index in [2.05, 4.69) is 0 Å². The van der Waals surface area contributed by atoms with Crippen molar-refractivity contribution in [2.45, 2.75) is 385 Å². The van der Waals surface area contributed by atoms with Gasteiger partial charge in [0, 0.05) is 64.2 Å². The molecule has 5 nitrogen and oxygen atoms in total. The fraction of sp³-hybridized carbons (Fsp3) is 0.923. The molecule has 0 bridgehead atoms. The maximum absolute atomic E-state index is 11.5. The molecule has 0 radical (unpaired) electrons. The number of rotatable bonds is 0. The molecule has 5 rings (SSSR count). The predicted molar refractivity (Wildman–Crippen MR) is 302 cm³/mol. The molecule has 0 aromatic rings. The molecule has 0 heterocycles. The van der Waals surface area contributed by atoms with Gasteiger partial charge in [0.25, 0.3) is 0 Å². The van der Waals surface area contributed by atoms with Gasteiger partial charge in [0.15, 0.2) is 0 Å². The van der Waals surface area contributed by atoms with Crippen molar-refractivity contribution in [2.24, 2.45) is 0 Å². The molecule has 0 amide bonds. The summed E-state index contributed by atoms with van der Waals surface area (Å²) in [6, 6.07) is 0. The van der Waals surface area contributed by atoms with Gasteiger partial charge in [-0.3, -0.25) is 24.0 Å². The van der Waals surface area contributed by atoms with Crippen LogP contribution in [-0.4, -0.2) is 28.9 Å². The summed E-state index contributed by atoms with van der Waals surface area (Å²) in [7, 11) is 0. The van der Waals surface area contributed by atoms with Crippen LogP contribution in [0.25, 0.3) is 0 Å². The highest BCUT2D eigenvalue weighted by molar-refractivity contribution is 5.79. The van der Waals surface area contributed by atoms with Crippen LogP contribution in [-0.2, 0) is 24.0 Å². The van der Waals surface area contributed by atoms with Crippen LogP contribution in [0.5, 0.6) is 0 Å². The Bertz CT molecular complexity index is 1100. The van der Waals surface area contributed by atoms with Crippen molar-refractivity contribution in [3.8, 4) is 0 Å². The summed E-state index contributed by atoms with van der Waals surface area (Å²) >= 11 is 0. The lowest BCUT2D eigenvalue weighted by molar-refractivity contribution is -0.120. The van der Waals surface area contributed by atoms with E-state index in [0.29, 0.717) is 28.9 Å². The van der Waals surface area contributed by atoms with Gasteiger partial charge in [-0.15, -0.1) is 0 Å². The van der Waals surface area contributed by atoms with Crippen molar-refractivity contribution in [1.82, 2.24) is 0 Å². The Morgan fingerprint density at radius 3 is 0.229 bits per heavy atom. The maximum Gasteiger partial charge on any atom is 0.132 e. The molecule has 410 valence electrons. The van der Waals surface area contributed by atoms with E-state index in [1.54, 1.807) is 0 Å². The lowest BCUT2D eigenvalue weighted by Crippen LogP contribution is -1.98. The highest BCUT2D eigenvalue weighted by atomic mass is 16.1. The Morgan fingerprint density at radius 1 is 0.100 bits per heavy atom. The molecular weight excluding hydrogens is 861 g/mol. The average Bonchev–Trinajstić information content (AvgIpc) is 3.39. The van der Waals surface area contributed by atoms with E-state index in [-0.39, 0.29) is 0 Å². The molecule has 0 atom stereocenters. The Hall–Kier alpha value is -1.65. The van der Waals surface area contributed by atoms with Gasteiger partial charge in [-0.1, -0.05) is 257 Å². The van der Waals surface area contributed by atoms with Gasteiger partial charge < -0.3 is 0 Å². The molecule has 0 aromatic carbocycles. The fourth-order valence-electron chi connectivity index (χ4n) is 10.9. The fourth-order valence-corrected chi connectivity index (χ4v) is 10.9. The first-order valence-electron chi connectivity index (χ1n) is 32.1. The first-order valence-corrected chi connectivity index (χ1v) is 32.1. The second-order valence-electron chi connectivity index (χ2n) is 22.9. The summed E-state index contributed by atoms with van der Waals surface area (Å²) in [5, 5.41) is 0. The Balaban J connectivity index is 0.000000439. The quantitative estimate of drug-likeness (QED) is 0.241. The van der Waals surface area contributed by atoms with Crippen molar-refractivity contribution in [3.63, 3.8) is 0 Å². The number of hydrogen-bond donors (Lipinski definition) is 0. The molecule has 0 aromatic heterocycles. The standard InChI is InChI=1S/C15H28O.C14H26O.C13H24O.C12H22O.C11H20O/c16-15-13-11-9-7-5-3-1-2-4-6-8-10-12-14-15;15-14-12-10-8-6-4-2-1-3-5-7-9-11-13-14;14-13-11-9-7-5-3-1-2-4-6-8-10-12-13;13-12-10-8-6-4-2-1-3-5-7-9-11-12;12-11-9-7-5-3-1-2-4-6-8-10-11/h1-14H2;1-13H2;1-12H2;1-11H2;1-10H2. The first-order chi connectivity index (χ1) is 34.5. The summed E-state index contributed by atoms with van der Waals surface area (Å²) in [6.07, 6.45) is 73.9. The van der Waals surface area contributed by atoms with Crippen LogP contribution < -0.4 is 0 Å². The van der Waals surface area contributed by atoms with E-state index in [1.807, 2.05) is 0 Å². The molecule has 5 aliphatic rings. The third kappa shape index (κ3) is 52.7. The number of carbonyl (C=O) groups is 5. The monoisotopic (exact) mass is 981 g/mol. The van der Waals surface area contributed by atoms with Gasteiger partial charge in [-0.25, -0.2) is 0 Å². The highest BCUT2D eigenvalue weighted by Gasteiger charge is 2.07. The van der Waals surface area contributed by atoms with Gasteiger partial charge >= 0.3 is 0 Å². The molecule has 70 heavy (non-hydrogen) atoms. The van der Waals surface area contributed by atoms with Crippen LogP contribution in [0.3, 0.4) is 0 Å². The van der Waals surface area contributed by atoms with E-state index < -0.39 is 0 Å². The zero-order valence-corrected chi connectivity index (χ0v) is 47.0. The summed E-state index contributed by atoms with van der Waals surface area (Å²) < 4.78 is 0. The number of Topliss-reactive ketones (excluding diaryl/α,β-unsaturated/α-hetero) is 5. The minimum absolute atomic E-state index is 0.497. The summed E-state index contributed by atoms with van der Waals surface area (Å²) in [5.74, 6) is 2.52. The van der Waals surface area contributed by atoms with Crippen LogP contribution in [0.1, 0.15) is 385 Å². The topological polar surface area (TPSA) is 85.3 Å². The molecule has 0 aliphatic heterocycles. The van der Waals surface area contributed by atoms with Gasteiger partial charge in [-0.05, 0) is 64.2 Å². The highest BCUT2D eigenvalue weighted by Crippen LogP contribution is 2.20. The Morgan fingerprint density at radius 2 is 0.157 bits per heavy atom. The van der Waals surface area contributed by atoms with Gasteiger partial charge in [0.1, 0.15) is 28.9 Å².